The molecule has 0 aromatic heterocycles. The van der Waals surface area contributed by atoms with Crippen LogP contribution in [0.5, 0.6) is 0 Å². The number of hydrogen-bond donors (Lipinski definition) is 1. The summed E-state index contributed by atoms with van der Waals surface area (Å²) >= 11 is 0. The molecule has 0 bridgehead atoms. The van der Waals surface area contributed by atoms with E-state index in [9.17, 15) is 14.0 Å². The number of carbonyl (C=O) groups is 2. The van der Waals surface area contributed by atoms with Crippen molar-refractivity contribution in [3.05, 3.63) is 29.1 Å². The number of nitrogens with zero attached hydrogens (tertiary/aromatic N) is 1. The summed E-state index contributed by atoms with van der Waals surface area (Å²) in [4.78, 5) is 24.2. The van der Waals surface area contributed by atoms with Gasteiger partial charge in [0.1, 0.15) is 5.82 Å². The Morgan fingerprint density at radius 1 is 1.39 bits per heavy atom. The summed E-state index contributed by atoms with van der Waals surface area (Å²) in [6.45, 7) is 3.85. The Balaban J connectivity index is 2.41. The highest BCUT2D eigenvalue weighted by Gasteiger charge is 2.26. The number of rotatable bonds is 2. The molecule has 1 aliphatic heterocycles. The van der Waals surface area contributed by atoms with E-state index < -0.39 is 6.03 Å². The summed E-state index contributed by atoms with van der Waals surface area (Å²) in [6.07, 6.45) is 0.932. The average molecular weight is 250 g/mol. The van der Waals surface area contributed by atoms with Crippen LogP contribution in [0.2, 0.25) is 0 Å². The third kappa shape index (κ3) is 2.20. The molecule has 0 atom stereocenters. The molecular weight excluding hydrogens is 235 g/mol. The van der Waals surface area contributed by atoms with Gasteiger partial charge in [0.15, 0.2) is 0 Å². The number of nitrogens with one attached hydrogen (secondary N) is 1. The normalized spacial score (nSPS) is 15.8. The lowest BCUT2D eigenvalue weighted by Crippen LogP contribution is -2.49. The van der Waals surface area contributed by atoms with Gasteiger partial charge in [0.25, 0.3) is 0 Å². The lowest BCUT2D eigenvalue weighted by Gasteiger charge is -2.28. The van der Waals surface area contributed by atoms with Crippen LogP contribution in [0.25, 0.3) is 0 Å². The first-order valence-corrected chi connectivity index (χ1v) is 5.93. The first-order valence-electron chi connectivity index (χ1n) is 5.93. The largest absolute Gasteiger partial charge is 0.328 e. The molecule has 1 aromatic carbocycles. The Morgan fingerprint density at radius 2 is 2.11 bits per heavy atom. The summed E-state index contributed by atoms with van der Waals surface area (Å²) < 4.78 is 13.8. The maximum atomic E-state index is 13.8. The number of carbonyl (C=O) groups excluding carboxylic acids is 2. The Kier molecular flexibility index (Phi) is 3.32. The van der Waals surface area contributed by atoms with Crippen LogP contribution < -0.4 is 10.2 Å². The van der Waals surface area contributed by atoms with E-state index in [1.807, 2.05) is 6.92 Å². The van der Waals surface area contributed by atoms with Gasteiger partial charge in [0.2, 0.25) is 5.91 Å². The zero-order valence-corrected chi connectivity index (χ0v) is 10.4. The Hall–Kier alpha value is -1.91. The van der Waals surface area contributed by atoms with Gasteiger partial charge in [-0.2, -0.15) is 0 Å². The van der Waals surface area contributed by atoms with Gasteiger partial charge >= 0.3 is 6.03 Å². The number of urea groups is 1. The van der Waals surface area contributed by atoms with Crippen LogP contribution in [0.3, 0.4) is 0 Å². The van der Waals surface area contributed by atoms with E-state index >= 15 is 0 Å². The van der Waals surface area contributed by atoms with Gasteiger partial charge in [-0.1, -0.05) is 6.92 Å². The zero-order valence-electron chi connectivity index (χ0n) is 10.4. The molecule has 0 unspecified atom stereocenters. The van der Waals surface area contributed by atoms with E-state index in [4.69, 9.17) is 0 Å². The monoisotopic (exact) mass is 250 g/mol. The van der Waals surface area contributed by atoms with Gasteiger partial charge in [-0.15, -0.1) is 0 Å². The minimum Gasteiger partial charge on any atom is -0.293 e. The van der Waals surface area contributed by atoms with Crippen LogP contribution in [0.15, 0.2) is 12.1 Å². The predicted octanol–water partition coefficient (Wildman–Crippen LogP) is 2.14. The van der Waals surface area contributed by atoms with Crippen LogP contribution >= 0.6 is 0 Å². The van der Waals surface area contributed by atoms with Gasteiger partial charge in [0, 0.05) is 18.5 Å². The molecular formula is C13H15FN2O2. The molecule has 3 amide bonds. The average Bonchev–Trinajstić information content (AvgIpc) is 2.33. The highest BCUT2D eigenvalue weighted by Crippen LogP contribution is 2.26. The smallest absolute Gasteiger partial charge is 0.293 e. The van der Waals surface area contributed by atoms with Gasteiger partial charge in [-0.25, -0.2) is 9.18 Å². The number of benzene rings is 1. The first-order chi connectivity index (χ1) is 8.52. The van der Waals surface area contributed by atoms with E-state index in [1.54, 1.807) is 13.0 Å². The Labute approximate surface area is 105 Å². The van der Waals surface area contributed by atoms with Crippen molar-refractivity contribution in [2.45, 2.75) is 26.7 Å². The maximum absolute atomic E-state index is 13.8. The molecule has 5 heteroatoms. The van der Waals surface area contributed by atoms with Crippen molar-refractivity contribution in [2.24, 2.45) is 0 Å². The van der Waals surface area contributed by atoms with Crippen molar-refractivity contribution in [3.8, 4) is 0 Å². The quantitative estimate of drug-likeness (QED) is 0.874. The fraction of sp³-hybridized carbons (Fsp3) is 0.385. The fourth-order valence-electron chi connectivity index (χ4n) is 2.00. The van der Waals surface area contributed by atoms with Gasteiger partial charge in [-0.3, -0.25) is 15.0 Å². The molecule has 0 spiro atoms. The predicted molar refractivity (Wildman–Crippen MR) is 66.0 cm³/mol. The summed E-state index contributed by atoms with van der Waals surface area (Å²) in [5.74, 6) is -0.616. The van der Waals surface area contributed by atoms with Crippen LogP contribution in [0, 0.1) is 12.7 Å². The van der Waals surface area contributed by atoms with Gasteiger partial charge in [-0.05, 0) is 31.0 Å². The molecule has 1 aromatic rings. The van der Waals surface area contributed by atoms with Crippen molar-refractivity contribution >= 4 is 17.6 Å². The molecule has 0 aliphatic carbocycles. The second kappa shape index (κ2) is 4.76. The van der Waals surface area contributed by atoms with Crippen molar-refractivity contribution in [2.75, 3.05) is 11.4 Å². The molecule has 1 N–H and O–H groups in total. The molecule has 1 fully saturated rings. The highest BCUT2D eigenvalue weighted by molar-refractivity contribution is 6.05. The van der Waals surface area contributed by atoms with E-state index in [0.717, 1.165) is 5.56 Å². The van der Waals surface area contributed by atoms with Gasteiger partial charge in [0.05, 0.1) is 5.69 Å². The Bertz CT molecular complexity index is 514. The molecule has 1 saturated heterocycles. The lowest BCUT2D eigenvalue weighted by molar-refractivity contribution is -0.120. The lowest BCUT2D eigenvalue weighted by atomic mass is 10.1. The van der Waals surface area contributed by atoms with Crippen LogP contribution in [0.4, 0.5) is 14.9 Å². The summed E-state index contributed by atoms with van der Waals surface area (Å²) in [7, 11) is 0. The number of imide groups is 1. The first kappa shape index (κ1) is 12.5. The fourth-order valence-corrected chi connectivity index (χ4v) is 2.00. The minimum atomic E-state index is -0.484. The standard InChI is InChI=1S/C13H15FN2O2/c1-3-9-6-10(14)8(2)11(7-9)16-5-4-12(17)15-13(16)18/h6-7H,3-5H2,1-2H3,(H,15,17,18). The van der Waals surface area contributed by atoms with Crippen molar-refractivity contribution in [3.63, 3.8) is 0 Å². The molecule has 18 heavy (non-hydrogen) atoms. The topological polar surface area (TPSA) is 49.4 Å². The second-order valence-electron chi connectivity index (χ2n) is 4.33. The Morgan fingerprint density at radius 3 is 2.72 bits per heavy atom. The van der Waals surface area contributed by atoms with Gasteiger partial charge < -0.3 is 0 Å². The van der Waals surface area contributed by atoms with E-state index in [2.05, 4.69) is 5.32 Å². The maximum Gasteiger partial charge on any atom is 0.328 e. The molecule has 4 nitrogen and oxygen atoms in total. The van der Waals surface area contributed by atoms with Crippen molar-refractivity contribution < 1.29 is 14.0 Å². The number of anilines is 1. The number of aryl methyl sites for hydroxylation is 1. The van der Waals surface area contributed by atoms with E-state index in [-0.39, 0.29) is 24.7 Å². The highest BCUT2D eigenvalue weighted by atomic mass is 19.1. The SMILES string of the molecule is CCc1cc(F)c(C)c(N2CCC(=O)NC2=O)c1. The molecule has 0 saturated carbocycles. The minimum absolute atomic E-state index is 0.239. The van der Waals surface area contributed by atoms with Crippen LogP contribution in [-0.4, -0.2) is 18.5 Å². The summed E-state index contributed by atoms with van der Waals surface area (Å²) in [5, 5.41) is 2.24. The molecule has 1 heterocycles. The number of halogens is 1. The third-order valence-corrected chi connectivity index (χ3v) is 3.13. The molecule has 96 valence electrons. The van der Waals surface area contributed by atoms with E-state index in [1.165, 1.54) is 11.0 Å². The van der Waals surface area contributed by atoms with Crippen LogP contribution in [-0.2, 0) is 11.2 Å². The summed E-state index contributed by atoms with van der Waals surface area (Å²) in [5.41, 5.74) is 1.80. The van der Waals surface area contributed by atoms with Crippen LogP contribution in [0.1, 0.15) is 24.5 Å². The van der Waals surface area contributed by atoms with E-state index in [0.29, 0.717) is 17.7 Å². The zero-order chi connectivity index (χ0) is 13.3. The number of amides is 3. The van der Waals surface area contributed by atoms with Crippen molar-refractivity contribution in [1.82, 2.24) is 5.32 Å². The second-order valence-corrected chi connectivity index (χ2v) is 4.33. The third-order valence-electron chi connectivity index (χ3n) is 3.13. The molecule has 0 radical (unpaired) electrons. The molecule has 1 aliphatic rings. The number of hydrogen-bond acceptors (Lipinski definition) is 2. The molecule has 2 rings (SSSR count). The summed E-state index contributed by atoms with van der Waals surface area (Å²) in [6, 6.07) is 2.79. The van der Waals surface area contributed by atoms with Crippen molar-refractivity contribution in [1.29, 1.82) is 0 Å².